The number of methoxy groups -OCH3 is 2. The largest absolute Gasteiger partial charge is 0.497 e. The zero-order chi connectivity index (χ0) is 23.2. The third kappa shape index (κ3) is 5.31. The highest BCUT2D eigenvalue weighted by molar-refractivity contribution is 5.73. The Bertz CT molecular complexity index is 1100. The lowest BCUT2D eigenvalue weighted by Gasteiger charge is -2.36. The van der Waals surface area contributed by atoms with Crippen LogP contribution in [0.2, 0.25) is 0 Å². The maximum absolute atomic E-state index is 11.8. The van der Waals surface area contributed by atoms with Crippen molar-refractivity contribution in [3.63, 3.8) is 0 Å². The van der Waals surface area contributed by atoms with Crippen LogP contribution >= 0.6 is 0 Å². The average molecular weight is 447 g/mol. The van der Waals surface area contributed by atoms with Gasteiger partial charge in [-0.25, -0.2) is 9.97 Å². The monoisotopic (exact) mass is 446 g/mol. The van der Waals surface area contributed by atoms with Crippen LogP contribution in [0.25, 0.3) is 11.4 Å². The molecule has 0 atom stereocenters. The standard InChI is InChI=1S/C26H30N4O3/c1-19(31)29-12-14-30(15-13-29)26-23(17-20-8-7-11-22(16-20)33-3)24(18-32-2)27-25(28-26)21-9-5-4-6-10-21/h4-11,16H,12-15,17-18H2,1-3H3. The van der Waals surface area contributed by atoms with E-state index in [1.807, 2.05) is 53.4 Å². The van der Waals surface area contributed by atoms with Crippen molar-refractivity contribution < 1.29 is 14.3 Å². The summed E-state index contributed by atoms with van der Waals surface area (Å²) in [6.45, 7) is 4.82. The maximum Gasteiger partial charge on any atom is 0.219 e. The summed E-state index contributed by atoms with van der Waals surface area (Å²) in [6, 6.07) is 18.1. The number of hydrogen-bond donors (Lipinski definition) is 0. The molecule has 172 valence electrons. The van der Waals surface area contributed by atoms with Crippen molar-refractivity contribution >= 4 is 11.7 Å². The molecule has 7 heteroatoms. The maximum atomic E-state index is 11.8. The van der Waals surface area contributed by atoms with Gasteiger partial charge in [0.15, 0.2) is 5.82 Å². The Morgan fingerprint density at radius 2 is 1.73 bits per heavy atom. The highest BCUT2D eigenvalue weighted by Gasteiger charge is 2.25. The minimum absolute atomic E-state index is 0.110. The Kier molecular flexibility index (Phi) is 7.19. The molecule has 7 nitrogen and oxygen atoms in total. The zero-order valence-corrected chi connectivity index (χ0v) is 19.5. The second kappa shape index (κ2) is 10.4. The topological polar surface area (TPSA) is 67.8 Å². The van der Waals surface area contributed by atoms with Crippen molar-refractivity contribution in [3.8, 4) is 17.1 Å². The molecule has 1 aliphatic rings. The normalized spacial score (nSPS) is 13.8. The van der Waals surface area contributed by atoms with Crippen molar-refractivity contribution in [2.45, 2.75) is 20.0 Å². The third-order valence-electron chi connectivity index (χ3n) is 5.92. The summed E-state index contributed by atoms with van der Waals surface area (Å²) >= 11 is 0. The zero-order valence-electron chi connectivity index (χ0n) is 19.5. The van der Waals surface area contributed by atoms with Crippen molar-refractivity contribution in [1.29, 1.82) is 0 Å². The lowest BCUT2D eigenvalue weighted by atomic mass is 10.0. The van der Waals surface area contributed by atoms with Crippen molar-refractivity contribution in [1.82, 2.24) is 14.9 Å². The number of ether oxygens (including phenoxy) is 2. The van der Waals surface area contributed by atoms with E-state index in [-0.39, 0.29) is 5.91 Å². The number of carbonyl (C=O) groups is 1. The summed E-state index contributed by atoms with van der Waals surface area (Å²) in [7, 11) is 3.36. The van der Waals surface area contributed by atoms with Gasteiger partial charge in [0, 0.05) is 57.8 Å². The van der Waals surface area contributed by atoms with Crippen molar-refractivity contribution in [2.75, 3.05) is 45.3 Å². The summed E-state index contributed by atoms with van der Waals surface area (Å²) in [6.07, 6.45) is 0.660. The number of anilines is 1. The predicted octanol–water partition coefficient (Wildman–Crippen LogP) is 3.56. The summed E-state index contributed by atoms with van der Waals surface area (Å²) in [4.78, 5) is 25.9. The fourth-order valence-electron chi connectivity index (χ4n) is 4.15. The molecular formula is C26H30N4O3. The van der Waals surface area contributed by atoms with E-state index in [0.29, 0.717) is 31.9 Å². The molecule has 3 aromatic rings. The molecule has 0 radical (unpaired) electrons. The number of carbonyl (C=O) groups excluding carboxylic acids is 1. The first kappa shape index (κ1) is 22.7. The van der Waals surface area contributed by atoms with Gasteiger partial charge in [0.05, 0.1) is 19.4 Å². The minimum Gasteiger partial charge on any atom is -0.497 e. The SMILES string of the molecule is COCc1nc(-c2ccccc2)nc(N2CCN(C(C)=O)CC2)c1Cc1cccc(OC)c1. The number of nitrogens with zero attached hydrogens (tertiary/aromatic N) is 4. The van der Waals surface area contributed by atoms with Gasteiger partial charge in [-0.1, -0.05) is 42.5 Å². The summed E-state index contributed by atoms with van der Waals surface area (Å²) in [5, 5.41) is 0. The van der Waals surface area contributed by atoms with Crippen LogP contribution in [-0.4, -0.2) is 61.2 Å². The van der Waals surface area contributed by atoms with Crippen molar-refractivity contribution in [3.05, 3.63) is 71.4 Å². The van der Waals surface area contributed by atoms with E-state index >= 15 is 0 Å². The fourth-order valence-corrected chi connectivity index (χ4v) is 4.15. The first-order chi connectivity index (χ1) is 16.1. The third-order valence-corrected chi connectivity index (χ3v) is 5.92. The van der Waals surface area contributed by atoms with Gasteiger partial charge in [0.2, 0.25) is 5.91 Å². The molecule has 1 fully saturated rings. The van der Waals surface area contributed by atoms with E-state index in [9.17, 15) is 4.79 Å². The predicted molar refractivity (Wildman–Crippen MR) is 128 cm³/mol. The van der Waals surface area contributed by atoms with E-state index in [4.69, 9.17) is 19.4 Å². The van der Waals surface area contributed by atoms with Gasteiger partial charge in [0.25, 0.3) is 0 Å². The number of aromatic nitrogens is 2. The molecule has 0 spiro atoms. The molecule has 4 rings (SSSR count). The van der Waals surface area contributed by atoms with Crippen LogP contribution < -0.4 is 9.64 Å². The summed E-state index contributed by atoms with van der Waals surface area (Å²) in [5.41, 5.74) is 4.00. The van der Waals surface area contributed by atoms with Crippen LogP contribution in [0, 0.1) is 0 Å². The highest BCUT2D eigenvalue weighted by atomic mass is 16.5. The molecule has 0 aliphatic carbocycles. The van der Waals surface area contributed by atoms with Gasteiger partial charge in [-0.2, -0.15) is 0 Å². The van der Waals surface area contributed by atoms with Gasteiger partial charge in [-0.3, -0.25) is 4.79 Å². The van der Waals surface area contributed by atoms with E-state index in [2.05, 4.69) is 11.0 Å². The second-order valence-electron chi connectivity index (χ2n) is 8.12. The van der Waals surface area contributed by atoms with Gasteiger partial charge < -0.3 is 19.3 Å². The Labute approximate surface area is 195 Å². The molecule has 0 unspecified atom stereocenters. The molecule has 0 saturated carbocycles. The average Bonchev–Trinajstić information content (AvgIpc) is 2.86. The lowest BCUT2D eigenvalue weighted by molar-refractivity contribution is -0.129. The van der Waals surface area contributed by atoms with Crippen LogP contribution in [0.1, 0.15) is 23.7 Å². The van der Waals surface area contributed by atoms with Crippen molar-refractivity contribution in [2.24, 2.45) is 0 Å². The first-order valence-electron chi connectivity index (χ1n) is 11.2. The quantitative estimate of drug-likeness (QED) is 0.553. The number of piperazine rings is 1. The number of hydrogen-bond acceptors (Lipinski definition) is 6. The first-order valence-corrected chi connectivity index (χ1v) is 11.2. The molecular weight excluding hydrogens is 416 g/mol. The van der Waals surface area contributed by atoms with Crippen LogP contribution in [-0.2, 0) is 22.6 Å². The minimum atomic E-state index is 0.110. The number of amides is 1. The molecule has 2 heterocycles. The van der Waals surface area contributed by atoms with Crippen LogP contribution in [0.5, 0.6) is 5.75 Å². The molecule has 1 aliphatic heterocycles. The number of rotatable bonds is 7. The molecule has 1 saturated heterocycles. The molecule has 33 heavy (non-hydrogen) atoms. The molecule has 1 aromatic heterocycles. The molecule has 1 amide bonds. The lowest BCUT2D eigenvalue weighted by Crippen LogP contribution is -2.48. The van der Waals surface area contributed by atoms with Gasteiger partial charge >= 0.3 is 0 Å². The molecule has 0 bridgehead atoms. The molecule has 0 N–H and O–H groups in total. The highest BCUT2D eigenvalue weighted by Crippen LogP contribution is 2.30. The van der Waals surface area contributed by atoms with Gasteiger partial charge in [0.1, 0.15) is 11.6 Å². The Balaban J connectivity index is 1.79. The van der Waals surface area contributed by atoms with Crippen LogP contribution in [0.4, 0.5) is 5.82 Å². The van der Waals surface area contributed by atoms with Gasteiger partial charge in [-0.05, 0) is 17.7 Å². The Hall–Kier alpha value is -3.45. The van der Waals surface area contributed by atoms with E-state index in [1.54, 1.807) is 21.1 Å². The Morgan fingerprint density at radius 3 is 2.39 bits per heavy atom. The van der Waals surface area contributed by atoms with Crippen LogP contribution in [0.3, 0.4) is 0 Å². The smallest absolute Gasteiger partial charge is 0.219 e. The summed E-state index contributed by atoms with van der Waals surface area (Å²) < 4.78 is 11.0. The van der Waals surface area contributed by atoms with E-state index < -0.39 is 0 Å². The number of benzene rings is 2. The van der Waals surface area contributed by atoms with E-state index in [0.717, 1.165) is 47.0 Å². The second-order valence-corrected chi connectivity index (χ2v) is 8.12. The Morgan fingerprint density at radius 1 is 0.970 bits per heavy atom. The van der Waals surface area contributed by atoms with Gasteiger partial charge in [-0.15, -0.1) is 0 Å². The van der Waals surface area contributed by atoms with E-state index in [1.165, 1.54) is 0 Å². The fraction of sp³-hybridized carbons (Fsp3) is 0.346. The summed E-state index contributed by atoms with van der Waals surface area (Å²) in [5.74, 6) is 2.51. The van der Waals surface area contributed by atoms with Crippen LogP contribution in [0.15, 0.2) is 54.6 Å². The molecule has 2 aromatic carbocycles.